The molecule has 1 N–H and O–H groups in total. The molecule has 1 rings (SSSR count). The van der Waals surface area contributed by atoms with Crippen LogP contribution in [0.5, 0.6) is 5.75 Å². The maximum absolute atomic E-state index is 10.7. The molecule has 102 valence electrons. The van der Waals surface area contributed by atoms with Gasteiger partial charge in [-0.1, -0.05) is 44.7 Å². The molecule has 18 heavy (non-hydrogen) atoms. The molecule has 0 radical (unpaired) electrons. The average Bonchev–Trinajstić information content (AvgIpc) is 2.37. The van der Waals surface area contributed by atoms with Crippen LogP contribution in [0.2, 0.25) is 0 Å². The van der Waals surface area contributed by atoms with Gasteiger partial charge in [0.05, 0.1) is 5.56 Å². The quantitative estimate of drug-likeness (QED) is 0.872. The molecular formula is C14H22NO3-. The van der Waals surface area contributed by atoms with E-state index >= 15 is 0 Å². The van der Waals surface area contributed by atoms with E-state index in [2.05, 4.69) is 25.7 Å². The van der Waals surface area contributed by atoms with E-state index < -0.39 is 11.7 Å². The number of para-hydroxylation sites is 1. The molecule has 4 heteroatoms. The summed E-state index contributed by atoms with van der Waals surface area (Å²) in [5.74, 6) is -1.62. The molecule has 0 atom stereocenters. The van der Waals surface area contributed by atoms with Gasteiger partial charge in [-0.15, -0.1) is 0 Å². The van der Waals surface area contributed by atoms with Crippen molar-refractivity contribution in [3.8, 4) is 5.75 Å². The highest BCUT2D eigenvalue weighted by molar-refractivity contribution is 5.90. The molecule has 0 saturated heterocycles. The van der Waals surface area contributed by atoms with Crippen LogP contribution in [0.15, 0.2) is 24.3 Å². The minimum Gasteiger partial charge on any atom is -0.872 e. The summed E-state index contributed by atoms with van der Waals surface area (Å²) >= 11 is 0. The van der Waals surface area contributed by atoms with Crippen molar-refractivity contribution in [3.05, 3.63) is 29.8 Å². The summed E-state index contributed by atoms with van der Waals surface area (Å²) in [5.41, 5.74) is -0.178. The van der Waals surface area contributed by atoms with E-state index in [0.29, 0.717) is 0 Å². The summed E-state index contributed by atoms with van der Waals surface area (Å²) in [6.07, 6.45) is 1.28. The molecule has 0 aliphatic rings. The van der Waals surface area contributed by atoms with E-state index in [0.717, 1.165) is 0 Å². The summed E-state index contributed by atoms with van der Waals surface area (Å²) < 4.78 is 0. The van der Waals surface area contributed by atoms with Crippen LogP contribution in [-0.4, -0.2) is 35.6 Å². The minimum absolute atomic E-state index is 0.178. The summed E-state index contributed by atoms with van der Waals surface area (Å²) in [7, 11) is 0. The smallest absolute Gasteiger partial charge is 0.335 e. The molecule has 0 fully saturated rings. The number of benzene rings is 1. The van der Waals surface area contributed by atoms with Crippen LogP contribution in [0.4, 0.5) is 0 Å². The Labute approximate surface area is 109 Å². The molecule has 0 unspecified atom stereocenters. The van der Waals surface area contributed by atoms with Crippen molar-refractivity contribution >= 4 is 5.97 Å². The first-order chi connectivity index (χ1) is 8.56. The Balaban J connectivity index is 0.000000331. The second kappa shape index (κ2) is 9.48. The maximum atomic E-state index is 10.7. The summed E-state index contributed by atoms with van der Waals surface area (Å²) in [4.78, 5) is 12.7. The van der Waals surface area contributed by atoms with Gasteiger partial charge in [0, 0.05) is 0 Å². The van der Waals surface area contributed by atoms with Gasteiger partial charge in [-0.25, -0.2) is 4.79 Å². The van der Waals surface area contributed by atoms with Crippen molar-refractivity contribution in [2.45, 2.75) is 27.2 Å². The fraction of sp³-hybridized carbons (Fsp3) is 0.500. The highest BCUT2D eigenvalue weighted by atomic mass is 16.4. The third-order valence-electron chi connectivity index (χ3n) is 2.55. The zero-order valence-electron chi connectivity index (χ0n) is 11.3. The van der Waals surface area contributed by atoms with Crippen LogP contribution < -0.4 is 5.11 Å². The molecule has 0 heterocycles. The van der Waals surface area contributed by atoms with Gasteiger partial charge in [-0.3, -0.25) is 0 Å². The second-order valence-electron chi connectivity index (χ2n) is 3.83. The van der Waals surface area contributed by atoms with Crippen molar-refractivity contribution in [2.75, 3.05) is 19.6 Å². The van der Waals surface area contributed by atoms with Gasteiger partial charge in [-0.05, 0) is 32.1 Å². The van der Waals surface area contributed by atoms with E-state index in [1.165, 1.54) is 50.3 Å². The van der Waals surface area contributed by atoms with Crippen LogP contribution in [-0.2, 0) is 0 Å². The Hall–Kier alpha value is -1.55. The van der Waals surface area contributed by atoms with Crippen LogP contribution in [0.25, 0.3) is 0 Å². The van der Waals surface area contributed by atoms with Crippen molar-refractivity contribution in [3.63, 3.8) is 0 Å². The Morgan fingerprint density at radius 1 is 1.22 bits per heavy atom. The van der Waals surface area contributed by atoms with E-state index in [4.69, 9.17) is 5.11 Å². The van der Waals surface area contributed by atoms with Gasteiger partial charge in [0.1, 0.15) is 0 Å². The Morgan fingerprint density at radius 3 is 2.06 bits per heavy atom. The van der Waals surface area contributed by atoms with Crippen LogP contribution in [0.3, 0.4) is 0 Å². The summed E-state index contributed by atoms with van der Waals surface area (Å²) in [6, 6.07) is 5.54. The number of nitrogens with zero attached hydrogens (tertiary/aromatic N) is 1. The molecule has 4 nitrogen and oxygen atoms in total. The number of carbonyl (C=O) groups is 1. The molecule has 0 aliphatic carbocycles. The number of hydrogen-bond acceptors (Lipinski definition) is 3. The standard InChI is InChI=1S/C7H17N.C7H6O3/c1-4-7-8(5-2)6-3;8-6-4-2-1-3-5(6)7(9)10/h4-7H2,1-3H3;1-4,8H,(H,9,10)/p-1. The third-order valence-corrected chi connectivity index (χ3v) is 2.55. The van der Waals surface area contributed by atoms with Crippen molar-refractivity contribution in [2.24, 2.45) is 0 Å². The maximum Gasteiger partial charge on any atom is 0.335 e. The fourth-order valence-corrected chi connectivity index (χ4v) is 1.50. The number of rotatable bonds is 5. The average molecular weight is 252 g/mol. The van der Waals surface area contributed by atoms with E-state index in [9.17, 15) is 9.90 Å². The van der Waals surface area contributed by atoms with E-state index in [-0.39, 0.29) is 5.56 Å². The fourth-order valence-electron chi connectivity index (χ4n) is 1.50. The lowest BCUT2D eigenvalue weighted by Gasteiger charge is -2.15. The number of carboxylic acid groups (broad SMARTS) is 1. The molecule has 1 aromatic carbocycles. The van der Waals surface area contributed by atoms with Gasteiger partial charge in [0.2, 0.25) is 0 Å². The van der Waals surface area contributed by atoms with Gasteiger partial charge in [0.25, 0.3) is 0 Å². The predicted octanol–water partition coefficient (Wildman–Crippen LogP) is 2.20. The predicted molar refractivity (Wildman–Crippen MR) is 70.9 cm³/mol. The van der Waals surface area contributed by atoms with E-state index in [1.54, 1.807) is 0 Å². The molecule has 0 amide bonds. The highest BCUT2D eigenvalue weighted by Crippen LogP contribution is 2.10. The Morgan fingerprint density at radius 2 is 1.78 bits per heavy atom. The zero-order chi connectivity index (χ0) is 14.0. The topological polar surface area (TPSA) is 63.6 Å². The minimum atomic E-state index is -1.18. The summed E-state index contributed by atoms with van der Waals surface area (Å²) in [5, 5.41) is 19.0. The Kier molecular flexibility index (Phi) is 8.66. The molecule has 0 aromatic heterocycles. The monoisotopic (exact) mass is 252 g/mol. The van der Waals surface area contributed by atoms with Gasteiger partial charge >= 0.3 is 5.97 Å². The lowest BCUT2D eigenvalue weighted by Crippen LogP contribution is -2.23. The third kappa shape index (κ3) is 6.25. The van der Waals surface area contributed by atoms with Crippen LogP contribution in [0.1, 0.15) is 37.6 Å². The molecule has 0 saturated carbocycles. The number of carboxylic acids is 1. The Bertz CT molecular complexity index is 349. The first-order valence-electron chi connectivity index (χ1n) is 6.28. The lowest BCUT2D eigenvalue weighted by atomic mass is 10.2. The molecule has 0 aliphatic heterocycles. The zero-order valence-corrected chi connectivity index (χ0v) is 11.3. The lowest BCUT2D eigenvalue weighted by molar-refractivity contribution is -0.268. The number of hydrogen-bond donors (Lipinski definition) is 1. The largest absolute Gasteiger partial charge is 0.872 e. The molecule has 1 aromatic rings. The first-order valence-corrected chi connectivity index (χ1v) is 6.28. The van der Waals surface area contributed by atoms with Crippen molar-refractivity contribution in [1.82, 2.24) is 4.90 Å². The van der Waals surface area contributed by atoms with Crippen molar-refractivity contribution in [1.29, 1.82) is 0 Å². The van der Waals surface area contributed by atoms with E-state index in [1.807, 2.05) is 0 Å². The number of aromatic carboxylic acids is 1. The van der Waals surface area contributed by atoms with Crippen molar-refractivity contribution < 1.29 is 15.0 Å². The van der Waals surface area contributed by atoms with Crippen LogP contribution in [0, 0.1) is 0 Å². The normalized spacial score (nSPS) is 9.78. The van der Waals surface area contributed by atoms with Gasteiger partial charge < -0.3 is 15.1 Å². The molecular weight excluding hydrogens is 230 g/mol. The van der Waals surface area contributed by atoms with Crippen LogP contribution >= 0.6 is 0 Å². The summed E-state index contributed by atoms with van der Waals surface area (Å²) in [6.45, 7) is 10.3. The molecule has 0 spiro atoms. The first kappa shape index (κ1) is 16.4. The SMILES string of the molecule is CCCN(CC)CC.O=C(O)c1ccccc1[O-]. The van der Waals surface area contributed by atoms with Gasteiger partial charge in [-0.2, -0.15) is 0 Å². The highest BCUT2D eigenvalue weighted by Gasteiger charge is 1.99. The second-order valence-corrected chi connectivity index (χ2v) is 3.83. The van der Waals surface area contributed by atoms with Gasteiger partial charge in [0.15, 0.2) is 0 Å². The molecule has 0 bridgehead atoms.